The van der Waals surface area contributed by atoms with Crippen LogP contribution in [0, 0.1) is 0 Å². The fraction of sp³-hybridized carbons (Fsp3) is 0.818. The molecule has 0 bridgehead atoms. The van der Waals surface area contributed by atoms with E-state index < -0.39 is 11.8 Å². The van der Waals surface area contributed by atoms with E-state index in [0.29, 0.717) is 26.2 Å². The normalized spacial score (nSPS) is 12.0. The van der Waals surface area contributed by atoms with Crippen LogP contribution in [0.25, 0.3) is 0 Å². The van der Waals surface area contributed by atoms with Gasteiger partial charge in [0, 0.05) is 32.8 Å². The van der Waals surface area contributed by atoms with Crippen LogP contribution in [0.15, 0.2) is 0 Å². The minimum absolute atomic E-state index is 0.0151. The summed E-state index contributed by atoms with van der Waals surface area (Å²) in [6.45, 7) is 5.34. The molecule has 0 aromatic rings. The second-order valence-corrected chi connectivity index (χ2v) is 3.79. The van der Waals surface area contributed by atoms with Gasteiger partial charge < -0.3 is 20.7 Å². The Morgan fingerprint density at radius 2 is 2.12 bits per heavy atom. The van der Waals surface area contributed by atoms with Crippen LogP contribution in [0.5, 0.6) is 0 Å². The summed E-state index contributed by atoms with van der Waals surface area (Å²) >= 11 is 0. The number of rotatable bonds is 7. The first-order chi connectivity index (χ1) is 8.08. The fourth-order valence-electron chi connectivity index (χ4n) is 1.32. The molecule has 0 aliphatic rings. The zero-order valence-corrected chi connectivity index (χ0v) is 10.9. The smallest absolute Gasteiger partial charge is 0.312 e. The standard InChI is InChI=1S/C11H23N3O3/c1-4-9(2)14(7-8-17-3)11(16)10(15)13-6-5-12/h9H,4-8,12H2,1-3H3,(H,13,15). The lowest BCUT2D eigenvalue weighted by Gasteiger charge is -2.27. The molecule has 17 heavy (non-hydrogen) atoms. The van der Waals surface area contributed by atoms with Gasteiger partial charge in [0.1, 0.15) is 0 Å². The Bertz CT molecular complexity index is 246. The molecule has 0 aromatic carbocycles. The first-order valence-corrected chi connectivity index (χ1v) is 5.86. The number of hydrogen-bond acceptors (Lipinski definition) is 4. The summed E-state index contributed by atoms with van der Waals surface area (Å²) in [6, 6.07) is 0.0151. The third kappa shape index (κ3) is 5.65. The van der Waals surface area contributed by atoms with Crippen LogP contribution >= 0.6 is 0 Å². The molecule has 2 amide bonds. The van der Waals surface area contributed by atoms with E-state index in [-0.39, 0.29) is 6.04 Å². The first-order valence-electron chi connectivity index (χ1n) is 5.86. The van der Waals surface area contributed by atoms with Crippen LogP contribution in [0.3, 0.4) is 0 Å². The van der Waals surface area contributed by atoms with E-state index in [2.05, 4.69) is 5.32 Å². The van der Waals surface area contributed by atoms with E-state index in [4.69, 9.17) is 10.5 Å². The summed E-state index contributed by atoms with van der Waals surface area (Å²) in [4.78, 5) is 24.9. The monoisotopic (exact) mass is 245 g/mol. The summed E-state index contributed by atoms with van der Waals surface area (Å²) in [7, 11) is 1.56. The van der Waals surface area contributed by atoms with Crippen molar-refractivity contribution >= 4 is 11.8 Å². The number of methoxy groups -OCH3 is 1. The Morgan fingerprint density at radius 1 is 1.47 bits per heavy atom. The molecule has 6 heteroatoms. The van der Waals surface area contributed by atoms with Gasteiger partial charge in [0.05, 0.1) is 6.61 Å². The average Bonchev–Trinajstić information content (AvgIpc) is 2.35. The molecule has 6 nitrogen and oxygen atoms in total. The first kappa shape index (κ1) is 15.9. The topological polar surface area (TPSA) is 84.7 Å². The molecule has 3 N–H and O–H groups in total. The lowest BCUT2D eigenvalue weighted by molar-refractivity contribution is -0.147. The number of carbonyl (C=O) groups excluding carboxylic acids is 2. The highest BCUT2D eigenvalue weighted by Gasteiger charge is 2.24. The molecular formula is C11H23N3O3. The lowest BCUT2D eigenvalue weighted by Crippen LogP contribution is -2.48. The van der Waals surface area contributed by atoms with Crippen molar-refractivity contribution in [2.45, 2.75) is 26.3 Å². The number of hydrogen-bond donors (Lipinski definition) is 2. The van der Waals surface area contributed by atoms with Crippen molar-refractivity contribution in [2.75, 3.05) is 33.4 Å². The van der Waals surface area contributed by atoms with Crippen molar-refractivity contribution < 1.29 is 14.3 Å². The Kier molecular flexibility index (Phi) is 8.35. The van der Waals surface area contributed by atoms with E-state index in [0.717, 1.165) is 6.42 Å². The van der Waals surface area contributed by atoms with Crippen LogP contribution in [0.1, 0.15) is 20.3 Å². The quantitative estimate of drug-likeness (QED) is 0.583. The number of nitrogens with zero attached hydrogens (tertiary/aromatic N) is 1. The molecule has 0 rings (SSSR count). The number of carbonyl (C=O) groups is 2. The molecule has 0 heterocycles. The number of nitrogens with two attached hydrogens (primary N) is 1. The van der Waals surface area contributed by atoms with Crippen molar-refractivity contribution in [1.82, 2.24) is 10.2 Å². The van der Waals surface area contributed by atoms with Crippen molar-refractivity contribution in [3.05, 3.63) is 0 Å². The maximum absolute atomic E-state index is 11.9. The van der Waals surface area contributed by atoms with Crippen molar-refractivity contribution in [2.24, 2.45) is 5.73 Å². The Hall–Kier alpha value is -1.14. The van der Waals surface area contributed by atoms with Gasteiger partial charge in [-0.3, -0.25) is 9.59 Å². The Morgan fingerprint density at radius 3 is 2.59 bits per heavy atom. The largest absolute Gasteiger partial charge is 0.383 e. The van der Waals surface area contributed by atoms with E-state index in [9.17, 15) is 9.59 Å². The van der Waals surface area contributed by atoms with Crippen LogP contribution in [0.4, 0.5) is 0 Å². The van der Waals surface area contributed by atoms with E-state index >= 15 is 0 Å². The van der Waals surface area contributed by atoms with Crippen LogP contribution < -0.4 is 11.1 Å². The van der Waals surface area contributed by atoms with Gasteiger partial charge >= 0.3 is 11.8 Å². The number of amides is 2. The minimum atomic E-state index is -0.605. The number of ether oxygens (including phenoxy) is 1. The molecule has 1 unspecified atom stereocenters. The van der Waals surface area contributed by atoms with E-state index in [1.807, 2.05) is 13.8 Å². The molecule has 0 aliphatic carbocycles. The zero-order valence-electron chi connectivity index (χ0n) is 10.9. The van der Waals surface area contributed by atoms with Crippen LogP contribution in [0.2, 0.25) is 0 Å². The molecule has 0 radical (unpaired) electrons. The van der Waals surface area contributed by atoms with Crippen LogP contribution in [-0.2, 0) is 14.3 Å². The molecule has 0 saturated carbocycles. The summed E-state index contributed by atoms with van der Waals surface area (Å²) < 4.78 is 4.93. The van der Waals surface area contributed by atoms with Gasteiger partial charge in [-0.1, -0.05) is 6.92 Å². The summed E-state index contributed by atoms with van der Waals surface area (Å²) in [5, 5.41) is 2.47. The van der Waals surface area contributed by atoms with Crippen LogP contribution in [-0.4, -0.2) is 56.1 Å². The van der Waals surface area contributed by atoms with Gasteiger partial charge in [-0.05, 0) is 13.3 Å². The highest BCUT2D eigenvalue weighted by atomic mass is 16.5. The highest BCUT2D eigenvalue weighted by Crippen LogP contribution is 2.03. The lowest BCUT2D eigenvalue weighted by atomic mass is 10.2. The van der Waals surface area contributed by atoms with Crippen molar-refractivity contribution in [3.8, 4) is 0 Å². The predicted molar refractivity (Wildman–Crippen MR) is 65.4 cm³/mol. The minimum Gasteiger partial charge on any atom is -0.383 e. The molecule has 0 fully saturated rings. The maximum atomic E-state index is 11.9. The predicted octanol–water partition coefficient (Wildman–Crippen LogP) is -0.665. The second-order valence-electron chi connectivity index (χ2n) is 3.79. The highest BCUT2D eigenvalue weighted by molar-refractivity contribution is 6.35. The number of nitrogens with one attached hydrogen (secondary N) is 1. The van der Waals surface area contributed by atoms with Gasteiger partial charge in [0.2, 0.25) is 0 Å². The molecule has 1 atom stereocenters. The zero-order chi connectivity index (χ0) is 13.3. The van der Waals surface area contributed by atoms with Gasteiger partial charge in [-0.2, -0.15) is 0 Å². The third-order valence-electron chi connectivity index (χ3n) is 2.54. The molecule has 0 aliphatic heterocycles. The van der Waals surface area contributed by atoms with E-state index in [1.54, 1.807) is 7.11 Å². The van der Waals surface area contributed by atoms with Crippen molar-refractivity contribution in [3.63, 3.8) is 0 Å². The van der Waals surface area contributed by atoms with Crippen molar-refractivity contribution in [1.29, 1.82) is 0 Å². The fourth-order valence-corrected chi connectivity index (χ4v) is 1.32. The summed E-state index contributed by atoms with van der Waals surface area (Å²) in [5.41, 5.74) is 5.26. The van der Waals surface area contributed by atoms with Gasteiger partial charge in [0.25, 0.3) is 0 Å². The van der Waals surface area contributed by atoms with Gasteiger partial charge in [0.15, 0.2) is 0 Å². The van der Waals surface area contributed by atoms with E-state index in [1.165, 1.54) is 4.90 Å². The van der Waals surface area contributed by atoms with Gasteiger partial charge in [-0.15, -0.1) is 0 Å². The second kappa shape index (κ2) is 8.95. The molecule has 0 aromatic heterocycles. The van der Waals surface area contributed by atoms with Gasteiger partial charge in [-0.25, -0.2) is 0 Å². The molecular weight excluding hydrogens is 222 g/mol. The summed E-state index contributed by atoms with van der Waals surface area (Å²) in [6.07, 6.45) is 0.791. The Labute approximate surface area is 102 Å². The molecule has 0 spiro atoms. The third-order valence-corrected chi connectivity index (χ3v) is 2.54. The SMILES string of the molecule is CCC(C)N(CCOC)C(=O)C(=O)NCCN. The average molecular weight is 245 g/mol. The molecule has 0 saturated heterocycles. The maximum Gasteiger partial charge on any atom is 0.312 e. The molecule has 100 valence electrons. The summed E-state index contributed by atoms with van der Waals surface area (Å²) in [5.74, 6) is -1.13. The Balaban J connectivity index is 4.45.